The Morgan fingerprint density at radius 2 is 1.93 bits per heavy atom. The number of alkyl halides is 3. The maximum Gasteiger partial charge on any atom is 0.416 e. The fraction of sp³-hybridized carbons (Fsp3) is 0.211. The van der Waals surface area contributed by atoms with E-state index >= 15 is 0 Å². The minimum absolute atomic E-state index is 0.396. The summed E-state index contributed by atoms with van der Waals surface area (Å²) in [6, 6.07) is 9.67. The maximum absolute atomic E-state index is 12.5. The molecular weight excluding hydrogens is 357 g/mol. The minimum atomic E-state index is -4.38. The zero-order valence-electron chi connectivity index (χ0n) is 14.7. The third-order valence-corrected chi connectivity index (χ3v) is 4.14. The number of carbonyl (C=O) groups is 1. The van der Waals surface area contributed by atoms with Gasteiger partial charge in [0.05, 0.1) is 22.8 Å². The van der Waals surface area contributed by atoms with E-state index in [4.69, 9.17) is 0 Å². The number of benzene rings is 2. The quantitative estimate of drug-likeness (QED) is 0.551. The second kappa shape index (κ2) is 7.22. The predicted molar refractivity (Wildman–Crippen MR) is 96.6 cm³/mol. The van der Waals surface area contributed by atoms with Gasteiger partial charge in [0.15, 0.2) is 0 Å². The molecule has 8 heteroatoms. The van der Waals surface area contributed by atoms with Crippen molar-refractivity contribution in [2.24, 2.45) is 5.10 Å². The number of nitrogens with one attached hydrogen (secondary N) is 1. The van der Waals surface area contributed by atoms with Crippen molar-refractivity contribution < 1.29 is 18.0 Å². The highest BCUT2D eigenvalue weighted by Gasteiger charge is 2.29. The number of amides is 1. The summed E-state index contributed by atoms with van der Waals surface area (Å²) in [7, 11) is 0. The fourth-order valence-corrected chi connectivity index (χ4v) is 2.78. The molecule has 0 aliphatic carbocycles. The summed E-state index contributed by atoms with van der Waals surface area (Å²) in [5.41, 5.74) is 4.13. The highest BCUT2D eigenvalue weighted by Crippen LogP contribution is 2.28. The first-order valence-electron chi connectivity index (χ1n) is 8.27. The molecule has 0 saturated heterocycles. The Hall–Kier alpha value is -3.16. The van der Waals surface area contributed by atoms with Crippen LogP contribution in [0.1, 0.15) is 34.2 Å². The number of halogens is 3. The van der Waals surface area contributed by atoms with Gasteiger partial charge in [-0.1, -0.05) is 12.1 Å². The minimum Gasteiger partial charge on any atom is -0.329 e. The molecule has 0 bridgehead atoms. The molecule has 140 valence electrons. The molecule has 0 radical (unpaired) electrons. The van der Waals surface area contributed by atoms with Gasteiger partial charge >= 0.3 is 6.18 Å². The zero-order valence-corrected chi connectivity index (χ0v) is 14.7. The Bertz CT molecular complexity index is 1000. The van der Waals surface area contributed by atoms with E-state index < -0.39 is 17.6 Å². The summed E-state index contributed by atoms with van der Waals surface area (Å²) < 4.78 is 39.6. The number of hydrogen-bond acceptors (Lipinski definition) is 3. The average Bonchev–Trinajstić information content (AvgIpc) is 2.95. The Morgan fingerprint density at radius 3 is 2.56 bits per heavy atom. The average molecular weight is 374 g/mol. The lowest BCUT2D eigenvalue weighted by Crippen LogP contribution is -2.17. The number of hydrogen-bond donors (Lipinski definition) is 1. The van der Waals surface area contributed by atoms with Gasteiger partial charge in [-0.3, -0.25) is 4.79 Å². The zero-order chi connectivity index (χ0) is 19.6. The molecule has 27 heavy (non-hydrogen) atoms. The van der Waals surface area contributed by atoms with E-state index in [2.05, 4.69) is 15.5 Å². The van der Waals surface area contributed by atoms with Crippen LogP contribution in [0.5, 0.6) is 0 Å². The van der Waals surface area contributed by atoms with Gasteiger partial charge in [-0.25, -0.2) is 10.4 Å². The molecular formula is C19H17F3N4O. The van der Waals surface area contributed by atoms with Crippen molar-refractivity contribution in [3.63, 3.8) is 0 Å². The highest BCUT2D eigenvalue weighted by molar-refractivity contribution is 5.97. The number of aryl methyl sites for hydroxylation is 2. The van der Waals surface area contributed by atoms with Crippen molar-refractivity contribution >= 4 is 23.2 Å². The second-order valence-electron chi connectivity index (χ2n) is 5.93. The molecule has 5 nitrogen and oxygen atoms in total. The van der Waals surface area contributed by atoms with E-state index in [0.717, 1.165) is 30.0 Å². The summed E-state index contributed by atoms with van der Waals surface area (Å²) in [5, 5.41) is 3.80. The van der Waals surface area contributed by atoms with Crippen molar-refractivity contribution in [3.05, 3.63) is 65.0 Å². The van der Waals surface area contributed by atoms with Crippen LogP contribution in [0.25, 0.3) is 11.0 Å². The lowest BCUT2D eigenvalue weighted by molar-refractivity contribution is -0.137. The molecule has 0 aliphatic rings. The van der Waals surface area contributed by atoms with E-state index in [0.29, 0.717) is 16.6 Å². The summed E-state index contributed by atoms with van der Waals surface area (Å²) in [6.45, 7) is 4.70. The Balaban J connectivity index is 1.70. The molecule has 3 aromatic rings. The Kier molecular flexibility index (Phi) is 4.98. The number of imidazole rings is 1. The molecule has 1 aromatic heterocycles. The van der Waals surface area contributed by atoms with Gasteiger partial charge in [0.1, 0.15) is 5.82 Å². The van der Waals surface area contributed by atoms with Crippen molar-refractivity contribution in [2.75, 3.05) is 0 Å². The number of hydrazone groups is 1. The number of carbonyl (C=O) groups excluding carboxylic acids is 1. The molecule has 0 unspecified atom stereocenters. The molecule has 0 saturated carbocycles. The van der Waals surface area contributed by atoms with Gasteiger partial charge < -0.3 is 4.57 Å². The van der Waals surface area contributed by atoms with Crippen molar-refractivity contribution in [1.82, 2.24) is 15.0 Å². The van der Waals surface area contributed by atoms with Crippen molar-refractivity contribution in [2.45, 2.75) is 26.6 Å². The van der Waals surface area contributed by atoms with E-state index in [1.54, 1.807) is 12.1 Å². The third kappa shape index (κ3) is 3.99. The highest BCUT2D eigenvalue weighted by atomic mass is 19.4. The topological polar surface area (TPSA) is 59.3 Å². The standard InChI is InChI=1S/C19H17F3N4O/c1-3-26-12(2)24-16-10-14(6-9-17(16)26)18(27)25-23-11-13-4-7-15(8-5-13)19(20,21)22/h4-11H,3H2,1-2H3,(H,25,27). The van der Waals surface area contributed by atoms with Gasteiger partial charge in [-0.05, 0) is 49.7 Å². The molecule has 0 aliphatic heterocycles. The molecule has 3 rings (SSSR count). The maximum atomic E-state index is 12.5. The lowest BCUT2D eigenvalue weighted by atomic mass is 10.1. The summed E-state index contributed by atoms with van der Waals surface area (Å²) in [4.78, 5) is 16.7. The van der Waals surface area contributed by atoms with Gasteiger partial charge in [-0.2, -0.15) is 18.3 Å². The van der Waals surface area contributed by atoms with E-state index in [1.807, 2.05) is 24.5 Å². The molecule has 1 heterocycles. The van der Waals surface area contributed by atoms with E-state index in [1.165, 1.54) is 18.3 Å². The second-order valence-corrected chi connectivity index (χ2v) is 5.93. The number of rotatable bonds is 4. The van der Waals surface area contributed by atoms with E-state index in [-0.39, 0.29) is 0 Å². The number of nitrogens with zero attached hydrogens (tertiary/aromatic N) is 3. The van der Waals surface area contributed by atoms with Gasteiger partial charge in [-0.15, -0.1) is 0 Å². The van der Waals surface area contributed by atoms with Crippen molar-refractivity contribution in [1.29, 1.82) is 0 Å². The largest absolute Gasteiger partial charge is 0.416 e. The van der Waals surface area contributed by atoms with E-state index in [9.17, 15) is 18.0 Å². The van der Waals surface area contributed by atoms with Crippen LogP contribution in [-0.2, 0) is 12.7 Å². The van der Waals surface area contributed by atoms with Crippen LogP contribution in [0.4, 0.5) is 13.2 Å². The number of aromatic nitrogens is 2. The molecule has 2 aromatic carbocycles. The first kappa shape index (κ1) is 18.6. The Morgan fingerprint density at radius 1 is 1.22 bits per heavy atom. The molecule has 0 atom stereocenters. The van der Waals surface area contributed by atoms with Crippen LogP contribution >= 0.6 is 0 Å². The van der Waals surface area contributed by atoms with Gasteiger partial charge in [0.2, 0.25) is 0 Å². The first-order chi connectivity index (χ1) is 12.8. The lowest BCUT2D eigenvalue weighted by Gasteiger charge is -2.05. The van der Waals surface area contributed by atoms with Crippen LogP contribution in [0.3, 0.4) is 0 Å². The summed E-state index contributed by atoms with van der Waals surface area (Å²) >= 11 is 0. The van der Waals surface area contributed by atoms with Gasteiger partial charge in [0, 0.05) is 12.1 Å². The third-order valence-electron chi connectivity index (χ3n) is 4.14. The molecule has 0 spiro atoms. The SMILES string of the molecule is CCn1c(C)nc2cc(C(=O)NN=Cc3ccc(C(F)(F)F)cc3)ccc21. The van der Waals surface area contributed by atoms with Crippen LogP contribution in [0.2, 0.25) is 0 Å². The fourth-order valence-electron chi connectivity index (χ4n) is 2.78. The first-order valence-corrected chi connectivity index (χ1v) is 8.27. The Labute approximate surface area is 153 Å². The molecule has 1 N–H and O–H groups in total. The summed E-state index contributed by atoms with van der Waals surface area (Å²) in [5.74, 6) is 0.439. The molecule has 0 fully saturated rings. The normalized spacial score (nSPS) is 12.0. The van der Waals surface area contributed by atoms with Crippen LogP contribution in [0, 0.1) is 6.92 Å². The smallest absolute Gasteiger partial charge is 0.329 e. The van der Waals surface area contributed by atoms with Gasteiger partial charge in [0.25, 0.3) is 5.91 Å². The molecule has 1 amide bonds. The van der Waals surface area contributed by atoms with Crippen LogP contribution in [0.15, 0.2) is 47.6 Å². The monoisotopic (exact) mass is 374 g/mol. The predicted octanol–water partition coefficient (Wildman–Crippen LogP) is 4.15. The van der Waals surface area contributed by atoms with Crippen molar-refractivity contribution in [3.8, 4) is 0 Å². The van der Waals surface area contributed by atoms with Crippen LogP contribution in [-0.4, -0.2) is 21.7 Å². The number of fused-ring (bicyclic) bond motifs is 1. The summed E-state index contributed by atoms with van der Waals surface area (Å²) in [6.07, 6.45) is -3.10. The van der Waals surface area contributed by atoms with Crippen LogP contribution < -0.4 is 5.43 Å².